The number of carbonyl (C=O) groups is 1. The molecule has 2 nitrogen and oxygen atoms in total. The van der Waals surface area contributed by atoms with Gasteiger partial charge in [-0.15, -0.1) is 0 Å². The number of carboxylic acids is 1. The Morgan fingerprint density at radius 3 is 2.31 bits per heavy atom. The van der Waals surface area contributed by atoms with Gasteiger partial charge in [-0.05, 0) is 61.6 Å². The van der Waals surface area contributed by atoms with Gasteiger partial charge in [-0.25, -0.2) is 13.6 Å². The van der Waals surface area contributed by atoms with Crippen LogP contribution in [0.2, 0.25) is 5.02 Å². The summed E-state index contributed by atoms with van der Waals surface area (Å²) in [5, 5.41) is 10.3. The first kappa shape index (κ1) is 20.1. The lowest BCUT2D eigenvalue weighted by atomic mass is 9.87. The third kappa shape index (κ3) is 4.31. The van der Waals surface area contributed by atoms with Gasteiger partial charge >= 0.3 is 5.97 Å². The van der Waals surface area contributed by atoms with Crippen LogP contribution in [0.25, 0.3) is 5.57 Å². The third-order valence-electron chi connectivity index (χ3n) is 4.32. The van der Waals surface area contributed by atoms with Gasteiger partial charge in [-0.3, -0.25) is 0 Å². The maximum absolute atomic E-state index is 14.6. The van der Waals surface area contributed by atoms with Crippen molar-refractivity contribution in [2.24, 2.45) is 0 Å². The Bertz CT molecular complexity index is 873. The second kappa shape index (κ2) is 8.45. The van der Waals surface area contributed by atoms with Crippen molar-refractivity contribution in [3.63, 3.8) is 0 Å². The van der Waals surface area contributed by atoms with Crippen LogP contribution in [0.1, 0.15) is 48.4 Å². The van der Waals surface area contributed by atoms with Gasteiger partial charge in [0, 0.05) is 27.8 Å². The molecular formula is C21H21ClF2O2. The van der Waals surface area contributed by atoms with Crippen molar-refractivity contribution in [3.8, 4) is 0 Å². The Hall–Kier alpha value is -2.20. The van der Waals surface area contributed by atoms with E-state index in [0.29, 0.717) is 23.4 Å². The predicted octanol–water partition coefficient (Wildman–Crippen LogP) is 6.31. The molecule has 0 aromatic heterocycles. The summed E-state index contributed by atoms with van der Waals surface area (Å²) in [7, 11) is 0. The van der Waals surface area contributed by atoms with E-state index in [4.69, 9.17) is 11.6 Å². The summed E-state index contributed by atoms with van der Waals surface area (Å²) in [4.78, 5) is 12.0. The van der Waals surface area contributed by atoms with Gasteiger partial charge in [-0.2, -0.15) is 0 Å². The normalized spacial score (nSPS) is 12.1. The van der Waals surface area contributed by atoms with Gasteiger partial charge in [0.25, 0.3) is 0 Å². The SMILES string of the molecule is CCCC/C(C(=O)O)=C(\c1ccc(Cl)cc1C)c1cc(C)c(F)cc1F. The topological polar surface area (TPSA) is 37.3 Å². The zero-order valence-electron chi connectivity index (χ0n) is 15.0. The van der Waals surface area contributed by atoms with Crippen molar-refractivity contribution < 1.29 is 18.7 Å². The molecular weight excluding hydrogens is 358 g/mol. The van der Waals surface area contributed by atoms with E-state index in [1.165, 1.54) is 13.0 Å². The fourth-order valence-corrected chi connectivity index (χ4v) is 3.15. The number of benzene rings is 2. The van der Waals surface area contributed by atoms with Crippen LogP contribution in [-0.2, 0) is 4.79 Å². The second-order valence-electron chi connectivity index (χ2n) is 6.30. The van der Waals surface area contributed by atoms with E-state index < -0.39 is 17.6 Å². The highest BCUT2D eigenvalue weighted by Gasteiger charge is 2.22. The van der Waals surface area contributed by atoms with Crippen molar-refractivity contribution in [1.29, 1.82) is 0 Å². The van der Waals surface area contributed by atoms with Gasteiger partial charge in [0.2, 0.25) is 0 Å². The molecule has 0 bridgehead atoms. The summed E-state index contributed by atoms with van der Waals surface area (Å²) in [5.74, 6) is -2.55. The molecule has 0 atom stereocenters. The minimum absolute atomic E-state index is 0.0859. The molecule has 0 aliphatic carbocycles. The minimum Gasteiger partial charge on any atom is -0.478 e. The van der Waals surface area contributed by atoms with Crippen LogP contribution >= 0.6 is 11.6 Å². The number of carboxylic acid groups (broad SMARTS) is 1. The molecule has 138 valence electrons. The van der Waals surface area contributed by atoms with Crippen molar-refractivity contribution in [1.82, 2.24) is 0 Å². The van der Waals surface area contributed by atoms with E-state index in [-0.39, 0.29) is 22.3 Å². The Labute approximate surface area is 157 Å². The number of halogens is 3. The highest BCUT2D eigenvalue weighted by Crippen LogP contribution is 2.35. The van der Waals surface area contributed by atoms with Crippen molar-refractivity contribution in [2.75, 3.05) is 0 Å². The minimum atomic E-state index is -1.11. The van der Waals surface area contributed by atoms with Crippen molar-refractivity contribution >= 4 is 23.1 Å². The Balaban J connectivity index is 2.86. The van der Waals surface area contributed by atoms with Crippen LogP contribution in [0, 0.1) is 25.5 Å². The molecule has 0 amide bonds. The zero-order chi connectivity index (χ0) is 19.4. The van der Waals surface area contributed by atoms with Crippen LogP contribution in [0.5, 0.6) is 0 Å². The Morgan fingerprint density at radius 1 is 1.04 bits per heavy atom. The molecule has 0 aliphatic rings. The van der Waals surface area contributed by atoms with E-state index in [0.717, 1.165) is 18.1 Å². The van der Waals surface area contributed by atoms with E-state index in [1.54, 1.807) is 25.1 Å². The molecule has 0 fully saturated rings. The third-order valence-corrected chi connectivity index (χ3v) is 4.55. The smallest absolute Gasteiger partial charge is 0.332 e. The fraction of sp³-hybridized carbons (Fsp3) is 0.286. The van der Waals surface area contributed by atoms with E-state index >= 15 is 0 Å². The summed E-state index contributed by atoms with van der Waals surface area (Å²) < 4.78 is 28.4. The molecule has 2 aromatic rings. The molecule has 2 aromatic carbocycles. The molecule has 0 unspecified atom stereocenters. The van der Waals surface area contributed by atoms with E-state index in [9.17, 15) is 18.7 Å². The van der Waals surface area contributed by atoms with Crippen molar-refractivity contribution in [2.45, 2.75) is 40.0 Å². The van der Waals surface area contributed by atoms with Gasteiger partial charge in [0.15, 0.2) is 0 Å². The lowest BCUT2D eigenvalue weighted by Gasteiger charge is -2.17. The summed E-state index contributed by atoms with van der Waals surface area (Å²) in [6.07, 6.45) is 1.74. The van der Waals surface area contributed by atoms with Crippen LogP contribution < -0.4 is 0 Å². The van der Waals surface area contributed by atoms with Gasteiger partial charge < -0.3 is 5.11 Å². The number of unbranched alkanes of at least 4 members (excludes halogenated alkanes) is 1. The van der Waals surface area contributed by atoms with Crippen LogP contribution in [-0.4, -0.2) is 11.1 Å². The summed E-state index contributed by atoms with van der Waals surface area (Å²) in [5.41, 5.74) is 2.04. The molecule has 2 rings (SSSR count). The second-order valence-corrected chi connectivity index (χ2v) is 6.74. The Morgan fingerprint density at radius 2 is 1.73 bits per heavy atom. The zero-order valence-corrected chi connectivity index (χ0v) is 15.8. The molecule has 0 aliphatic heterocycles. The summed E-state index contributed by atoms with van der Waals surface area (Å²) in [6, 6.07) is 7.18. The summed E-state index contributed by atoms with van der Waals surface area (Å²) in [6.45, 7) is 5.27. The highest BCUT2D eigenvalue weighted by atomic mass is 35.5. The molecule has 0 spiro atoms. The van der Waals surface area contributed by atoms with E-state index in [1.807, 2.05) is 6.92 Å². The number of hydrogen-bond acceptors (Lipinski definition) is 1. The molecule has 0 saturated heterocycles. The first-order valence-corrected chi connectivity index (χ1v) is 8.83. The van der Waals surface area contributed by atoms with Crippen molar-refractivity contribution in [3.05, 3.63) is 74.8 Å². The summed E-state index contributed by atoms with van der Waals surface area (Å²) >= 11 is 6.01. The number of aryl methyl sites for hydroxylation is 2. The van der Waals surface area contributed by atoms with Gasteiger partial charge in [-0.1, -0.05) is 31.0 Å². The maximum atomic E-state index is 14.6. The molecule has 0 radical (unpaired) electrons. The maximum Gasteiger partial charge on any atom is 0.332 e. The average molecular weight is 379 g/mol. The van der Waals surface area contributed by atoms with E-state index in [2.05, 4.69) is 0 Å². The van der Waals surface area contributed by atoms with Gasteiger partial charge in [0.1, 0.15) is 11.6 Å². The molecule has 5 heteroatoms. The lowest BCUT2D eigenvalue weighted by Crippen LogP contribution is -2.08. The number of rotatable bonds is 6. The quantitative estimate of drug-likeness (QED) is 0.598. The largest absolute Gasteiger partial charge is 0.478 e. The molecule has 1 N–H and O–H groups in total. The first-order chi connectivity index (χ1) is 12.3. The standard InChI is InChI=1S/C21H21ClF2O2/c1-4-5-6-16(21(25)26)20(15-8-7-14(22)9-12(15)2)17-10-13(3)18(23)11-19(17)24/h7-11H,4-6H2,1-3H3,(H,25,26)/b20-16-. The number of aliphatic carboxylic acids is 1. The predicted molar refractivity (Wildman–Crippen MR) is 100 cm³/mol. The number of hydrogen-bond donors (Lipinski definition) is 1. The van der Waals surface area contributed by atoms with Crippen LogP contribution in [0.4, 0.5) is 8.78 Å². The Kier molecular flexibility index (Phi) is 6.54. The lowest BCUT2D eigenvalue weighted by molar-refractivity contribution is -0.132. The molecule has 0 heterocycles. The monoisotopic (exact) mass is 378 g/mol. The molecule has 26 heavy (non-hydrogen) atoms. The first-order valence-electron chi connectivity index (χ1n) is 8.45. The van der Waals surface area contributed by atoms with Gasteiger partial charge in [0.05, 0.1) is 0 Å². The van der Waals surface area contributed by atoms with Crippen LogP contribution in [0.15, 0.2) is 35.9 Å². The molecule has 0 saturated carbocycles. The average Bonchev–Trinajstić information content (AvgIpc) is 2.56. The fourth-order valence-electron chi connectivity index (χ4n) is 2.92. The highest BCUT2D eigenvalue weighted by molar-refractivity contribution is 6.30. The van der Waals surface area contributed by atoms with Crippen LogP contribution in [0.3, 0.4) is 0 Å².